The third-order valence-electron chi connectivity index (χ3n) is 3.85. The van der Waals surface area contributed by atoms with Gasteiger partial charge in [-0.05, 0) is 30.7 Å². The Morgan fingerprint density at radius 3 is 2.50 bits per heavy atom. The molecular weight excluding hydrogens is 328 g/mol. The van der Waals surface area contributed by atoms with Gasteiger partial charge in [-0.2, -0.15) is 0 Å². The van der Waals surface area contributed by atoms with Gasteiger partial charge in [0.25, 0.3) is 5.91 Å². The summed E-state index contributed by atoms with van der Waals surface area (Å²) in [5.74, 6) is 0.173. The number of nitrogens with zero attached hydrogens (tertiary/aromatic N) is 3. The van der Waals surface area contributed by atoms with Gasteiger partial charge in [0.15, 0.2) is 5.82 Å². The normalized spacial score (nSPS) is 11.6. The Hall–Kier alpha value is -3.61. The average molecular weight is 346 g/mol. The summed E-state index contributed by atoms with van der Waals surface area (Å²) in [6.45, 7) is 1.86. The SMILES string of the molecule is C[C@@H](NC(=O)c1cnc(-c2ccccn2)nc1)c1cccc(C(=N)N)c1. The molecular formula is C19H18N6O. The quantitative estimate of drug-likeness (QED) is 0.484. The third kappa shape index (κ3) is 3.89. The number of rotatable bonds is 5. The second-order valence-corrected chi connectivity index (χ2v) is 5.74. The Morgan fingerprint density at radius 1 is 1.08 bits per heavy atom. The number of aromatic nitrogens is 3. The molecule has 0 unspecified atom stereocenters. The predicted octanol–water partition coefficient (Wildman–Crippen LogP) is 2.31. The number of amidine groups is 1. The average Bonchev–Trinajstić information content (AvgIpc) is 2.68. The maximum Gasteiger partial charge on any atom is 0.254 e. The number of amides is 1. The van der Waals surface area contributed by atoms with Gasteiger partial charge in [-0.1, -0.05) is 24.3 Å². The molecule has 130 valence electrons. The predicted molar refractivity (Wildman–Crippen MR) is 98.6 cm³/mol. The first-order valence-electron chi connectivity index (χ1n) is 8.03. The van der Waals surface area contributed by atoms with E-state index in [2.05, 4.69) is 20.3 Å². The highest BCUT2D eigenvalue weighted by molar-refractivity contribution is 5.95. The van der Waals surface area contributed by atoms with Gasteiger partial charge in [0, 0.05) is 24.2 Å². The fourth-order valence-corrected chi connectivity index (χ4v) is 2.41. The van der Waals surface area contributed by atoms with Crippen LogP contribution in [0, 0.1) is 5.41 Å². The zero-order chi connectivity index (χ0) is 18.5. The second-order valence-electron chi connectivity index (χ2n) is 5.74. The molecule has 4 N–H and O–H groups in total. The highest BCUT2D eigenvalue weighted by Crippen LogP contribution is 2.15. The van der Waals surface area contributed by atoms with Crippen molar-refractivity contribution in [3.05, 3.63) is 77.7 Å². The van der Waals surface area contributed by atoms with Crippen LogP contribution >= 0.6 is 0 Å². The summed E-state index contributed by atoms with van der Waals surface area (Å²) in [5, 5.41) is 10.4. The zero-order valence-corrected chi connectivity index (χ0v) is 14.2. The number of hydrogen-bond donors (Lipinski definition) is 3. The molecule has 0 radical (unpaired) electrons. The molecule has 0 aliphatic carbocycles. The number of nitrogens with two attached hydrogens (primary N) is 1. The molecule has 0 bridgehead atoms. The summed E-state index contributed by atoms with van der Waals surface area (Å²) in [7, 11) is 0. The van der Waals surface area contributed by atoms with E-state index in [0.717, 1.165) is 5.56 Å². The van der Waals surface area contributed by atoms with E-state index in [1.165, 1.54) is 12.4 Å². The monoisotopic (exact) mass is 346 g/mol. The largest absolute Gasteiger partial charge is 0.384 e. The van der Waals surface area contributed by atoms with Crippen molar-refractivity contribution in [1.29, 1.82) is 5.41 Å². The minimum atomic E-state index is -0.279. The first kappa shape index (κ1) is 17.2. The molecule has 0 saturated heterocycles. The van der Waals surface area contributed by atoms with Gasteiger partial charge in [-0.25, -0.2) is 9.97 Å². The summed E-state index contributed by atoms with van der Waals surface area (Å²) in [6.07, 6.45) is 4.62. The van der Waals surface area contributed by atoms with Crippen LogP contribution in [0.1, 0.15) is 34.5 Å². The van der Waals surface area contributed by atoms with Crippen molar-refractivity contribution >= 4 is 11.7 Å². The Labute approximate surface area is 150 Å². The molecule has 0 spiro atoms. The van der Waals surface area contributed by atoms with Crippen molar-refractivity contribution in [2.45, 2.75) is 13.0 Å². The first-order chi connectivity index (χ1) is 12.5. The van der Waals surface area contributed by atoms with E-state index in [1.807, 2.05) is 25.1 Å². The Morgan fingerprint density at radius 2 is 1.85 bits per heavy atom. The van der Waals surface area contributed by atoms with Gasteiger partial charge in [-0.15, -0.1) is 0 Å². The van der Waals surface area contributed by atoms with Crippen LogP contribution in [-0.4, -0.2) is 26.7 Å². The molecule has 7 nitrogen and oxygen atoms in total. The molecule has 0 saturated carbocycles. The van der Waals surface area contributed by atoms with Crippen LogP contribution in [0.5, 0.6) is 0 Å². The molecule has 26 heavy (non-hydrogen) atoms. The smallest absolute Gasteiger partial charge is 0.254 e. The van der Waals surface area contributed by atoms with E-state index < -0.39 is 0 Å². The minimum absolute atomic E-state index is 0.0103. The highest BCUT2D eigenvalue weighted by Gasteiger charge is 2.13. The van der Waals surface area contributed by atoms with Gasteiger partial charge in [0.1, 0.15) is 11.5 Å². The van der Waals surface area contributed by atoms with E-state index in [9.17, 15) is 4.79 Å². The van der Waals surface area contributed by atoms with Crippen LogP contribution in [0.4, 0.5) is 0 Å². The molecule has 1 atom stereocenters. The second kappa shape index (κ2) is 7.52. The lowest BCUT2D eigenvalue weighted by atomic mass is 10.0. The van der Waals surface area contributed by atoms with E-state index >= 15 is 0 Å². The molecule has 1 aromatic carbocycles. The molecule has 3 aromatic rings. The standard InChI is InChI=1S/C19H18N6O/c1-12(13-5-4-6-14(9-13)17(20)21)25-19(26)15-10-23-18(24-11-15)16-7-2-3-8-22-16/h2-12H,1H3,(H3,20,21)(H,25,26)/t12-/m1/s1. The molecule has 2 aromatic heterocycles. The zero-order valence-electron chi connectivity index (χ0n) is 14.2. The van der Waals surface area contributed by atoms with Crippen LogP contribution in [-0.2, 0) is 0 Å². The maximum atomic E-state index is 12.4. The van der Waals surface area contributed by atoms with E-state index in [-0.39, 0.29) is 17.8 Å². The maximum absolute atomic E-state index is 12.4. The molecule has 7 heteroatoms. The van der Waals surface area contributed by atoms with Gasteiger partial charge in [-0.3, -0.25) is 15.2 Å². The Kier molecular flexibility index (Phi) is 4.98. The third-order valence-corrected chi connectivity index (χ3v) is 3.85. The summed E-state index contributed by atoms with van der Waals surface area (Å²) < 4.78 is 0. The molecule has 2 heterocycles. The summed E-state index contributed by atoms with van der Waals surface area (Å²) in [4.78, 5) is 25.0. The van der Waals surface area contributed by atoms with E-state index in [0.29, 0.717) is 22.6 Å². The molecule has 3 rings (SSSR count). The van der Waals surface area contributed by atoms with Crippen molar-refractivity contribution in [3.8, 4) is 11.5 Å². The van der Waals surface area contributed by atoms with Crippen LogP contribution in [0.3, 0.4) is 0 Å². The van der Waals surface area contributed by atoms with Crippen molar-refractivity contribution in [2.24, 2.45) is 5.73 Å². The number of nitrogen functional groups attached to an aromatic ring is 1. The number of carbonyl (C=O) groups excluding carboxylic acids is 1. The summed E-state index contributed by atoms with van der Waals surface area (Å²) in [6, 6.07) is 12.4. The summed E-state index contributed by atoms with van der Waals surface area (Å²) in [5.41, 5.74) is 7.99. The van der Waals surface area contributed by atoms with Crippen molar-refractivity contribution in [1.82, 2.24) is 20.3 Å². The lowest BCUT2D eigenvalue weighted by molar-refractivity contribution is 0.0939. The molecule has 0 fully saturated rings. The van der Waals surface area contributed by atoms with E-state index in [1.54, 1.807) is 30.5 Å². The van der Waals surface area contributed by atoms with Gasteiger partial charge in [0.2, 0.25) is 0 Å². The lowest BCUT2D eigenvalue weighted by Crippen LogP contribution is -2.27. The molecule has 0 aliphatic rings. The number of carbonyl (C=O) groups is 1. The highest BCUT2D eigenvalue weighted by atomic mass is 16.1. The van der Waals surface area contributed by atoms with Gasteiger partial charge < -0.3 is 11.1 Å². The van der Waals surface area contributed by atoms with Crippen molar-refractivity contribution in [3.63, 3.8) is 0 Å². The first-order valence-corrected chi connectivity index (χ1v) is 8.03. The molecule has 0 aliphatic heterocycles. The van der Waals surface area contributed by atoms with Gasteiger partial charge >= 0.3 is 0 Å². The number of pyridine rings is 1. The number of nitrogens with one attached hydrogen (secondary N) is 2. The number of hydrogen-bond acceptors (Lipinski definition) is 5. The molecule has 1 amide bonds. The van der Waals surface area contributed by atoms with Crippen molar-refractivity contribution < 1.29 is 4.79 Å². The minimum Gasteiger partial charge on any atom is -0.384 e. The fraction of sp³-hybridized carbons (Fsp3) is 0.105. The number of benzene rings is 1. The Balaban J connectivity index is 1.71. The van der Waals surface area contributed by atoms with E-state index in [4.69, 9.17) is 11.1 Å². The van der Waals surface area contributed by atoms with Crippen LogP contribution in [0.25, 0.3) is 11.5 Å². The van der Waals surface area contributed by atoms with Crippen LogP contribution in [0.2, 0.25) is 0 Å². The van der Waals surface area contributed by atoms with Crippen LogP contribution in [0.15, 0.2) is 61.1 Å². The summed E-state index contributed by atoms with van der Waals surface area (Å²) >= 11 is 0. The van der Waals surface area contributed by atoms with Crippen molar-refractivity contribution in [2.75, 3.05) is 0 Å². The van der Waals surface area contributed by atoms with Crippen LogP contribution < -0.4 is 11.1 Å². The van der Waals surface area contributed by atoms with Gasteiger partial charge in [0.05, 0.1) is 11.6 Å². The lowest BCUT2D eigenvalue weighted by Gasteiger charge is -2.15. The topological polar surface area (TPSA) is 118 Å². The fourth-order valence-electron chi connectivity index (χ4n) is 2.41. The Bertz CT molecular complexity index is 924.